The number of guanidine groups is 1. The lowest BCUT2D eigenvalue weighted by molar-refractivity contribution is 0.133. The molecule has 6 nitrogen and oxygen atoms in total. The molecule has 1 aromatic heterocycles. The molecule has 0 aliphatic carbocycles. The Bertz CT molecular complexity index is 705. The molecule has 0 aliphatic rings. The summed E-state index contributed by atoms with van der Waals surface area (Å²) in [5, 5.41) is 6.54. The van der Waals surface area contributed by atoms with Crippen LogP contribution in [0.1, 0.15) is 50.8 Å². The third-order valence-corrected chi connectivity index (χ3v) is 4.31. The van der Waals surface area contributed by atoms with Gasteiger partial charge in [0.05, 0.1) is 19.3 Å². The van der Waals surface area contributed by atoms with Crippen LogP contribution in [-0.4, -0.2) is 37.7 Å². The summed E-state index contributed by atoms with van der Waals surface area (Å²) >= 11 is 0. The summed E-state index contributed by atoms with van der Waals surface area (Å²) in [7, 11) is 1.76. The minimum absolute atomic E-state index is 0.0334. The molecule has 154 valence electrons. The lowest BCUT2D eigenvalue weighted by Gasteiger charge is -2.13. The van der Waals surface area contributed by atoms with Gasteiger partial charge < -0.3 is 19.8 Å². The average Bonchev–Trinajstić information content (AvgIpc) is 3.16. The van der Waals surface area contributed by atoms with Crippen molar-refractivity contribution in [3.63, 3.8) is 0 Å². The molecular weight excluding hydrogens is 352 g/mol. The van der Waals surface area contributed by atoms with Crippen LogP contribution >= 0.6 is 0 Å². The highest BCUT2D eigenvalue weighted by Gasteiger charge is 2.19. The maximum absolute atomic E-state index is 5.78. The van der Waals surface area contributed by atoms with Crippen molar-refractivity contribution >= 4 is 5.96 Å². The molecule has 0 spiro atoms. The zero-order valence-corrected chi connectivity index (χ0v) is 17.6. The third kappa shape index (κ3) is 8.13. The fourth-order valence-corrected chi connectivity index (χ4v) is 2.59. The summed E-state index contributed by atoms with van der Waals surface area (Å²) in [4.78, 5) is 8.55. The largest absolute Gasteiger partial charge is 0.443 e. The molecule has 28 heavy (non-hydrogen) atoms. The number of unbranched alkanes of at least 4 members (excludes halogenated alkanes) is 1. The highest BCUT2D eigenvalue weighted by molar-refractivity contribution is 5.79. The Morgan fingerprint density at radius 3 is 2.57 bits per heavy atom. The van der Waals surface area contributed by atoms with E-state index in [0.717, 1.165) is 50.7 Å². The summed E-state index contributed by atoms with van der Waals surface area (Å²) in [6.45, 7) is 9.24. The minimum Gasteiger partial charge on any atom is -0.443 e. The van der Waals surface area contributed by atoms with Gasteiger partial charge in [0.1, 0.15) is 5.76 Å². The van der Waals surface area contributed by atoms with Gasteiger partial charge in [0, 0.05) is 25.6 Å². The van der Waals surface area contributed by atoms with E-state index in [-0.39, 0.29) is 5.41 Å². The number of hydrogen-bond acceptors (Lipinski definition) is 4. The number of aliphatic imine (C=N–C) groups is 1. The molecule has 6 heteroatoms. The number of hydrogen-bond donors (Lipinski definition) is 2. The molecule has 2 N–H and O–H groups in total. The number of rotatable bonds is 10. The first-order valence-corrected chi connectivity index (χ1v) is 10.0. The van der Waals surface area contributed by atoms with Crippen LogP contribution in [0.25, 0.3) is 0 Å². The molecule has 0 saturated heterocycles. The van der Waals surface area contributed by atoms with Crippen LogP contribution in [0.3, 0.4) is 0 Å². The van der Waals surface area contributed by atoms with Gasteiger partial charge in [-0.25, -0.2) is 4.98 Å². The molecule has 0 atom stereocenters. The van der Waals surface area contributed by atoms with Gasteiger partial charge in [0.15, 0.2) is 5.96 Å². The average molecular weight is 387 g/mol. The molecule has 0 saturated carbocycles. The van der Waals surface area contributed by atoms with Gasteiger partial charge in [-0.15, -0.1) is 0 Å². The number of nitrogens with zero attached hydrogens (tertiary/aromatic N) is 2. The van der Waals surface area contributed by atoms with Crippen molar-refractivity contribution in [3.8, 4) is 0 Å². The standard InChI is InChI=1S/C22H34N4O2/c1-22(2,3)19-16-25-20(28-19)17-26-21(23-4)24-13-8-9-14-27-15-12-18-10-6-5-7-11-18/h5-7,10-11,16H,8-9,12-15,17H2,1-4H3,(H2,23,24,26). The lowest BCUT2D eigenvalue weighted by atomic mass is 9.94. The number of nitrogens with one attached hydrogen (secondary N) is 2. The highest BCUT2D eigenvalue weighted by atomic mass is 16.5. The van der Waals surface area contributed by atoms with E-state index in [9.17, 15) is 0 Å². The van der Waals surface area contributed by atoms with E-state index in [1.54, 1.807) is 13.2 Å². The Morgan fingerprint density at radius 2 is 1.89 bits per heavy atom. The zero-order valence-electron chi connectivity index (χ0n) is 17.6. The molecule has 2 rings (SSSR count). The Kier molecular flexibility index (Phi) is 9.01. The lowest BCUT2D eigenvalue weighted by Crippen LogP contribution is -2.37. The summed E-state index contributed by atoms with van der Waals surface area (Å²) in [5.41, 5.74) is 1.29. The molecule has 2 aromatic rings. The van der Waals surface area contributed by atoms with Crippen molar-refractivity contribution in [1.29, 1.82) is 0 Å². The van der Waals surface area contributed by atoms with Crippen molar-refractivity contribution in [3.05, 3.63) is 53.7 Å². The molecule has 0 aliphatic heterocycles. The number of ether oxygens (including phenoxy) is 1. The van der Waals surface area contributed by atoms with E-state index in [1.165, 1.54) is 5.56 Å². The molecule has 0 fully saturated rings. The van der Waals surface area contributed by atoms with Crippen molar-refractivity contribution in [1.82, 2.24) is 15.6 Å². The van der Waals surface area contributed by atoms with Crippen LogP contribution in [0.15, 0.2) is 45.9 Å². The normalized spacial score (nSPS) is 12.2. The minimum atomic E-state index is -0.0334. The van der Waals surface area contributed by atoms with Crippen LogP contribution in [-0.2, 0) is 23.1 Å². The van der Waals surface area contributed by atoms with E-state index in [2.05, 4.69) is 65.6 Å². The second-order valence-electron chi connectivity index (χ2n) is 7.78. The van der Waals surface area contributed by atoms with E-state index in [0.29, 0.717) is 12.4 Å². The van der Waals surface area contributed by atoms with Crippen LogP contribution in [0.4, 0.5) is 0 Å². The molecule has 1 aromatic carbocycles. The quantitative estimate of drug-likeness (QED) is 0.370. The topological polar surface area (TPSA) is 71.7 Å². The zero-order chi connectivity index (χ0) is 20.2. The van der Waals surface area contributed by atoms with E-state index in [4.69, 9.17) is 9.15 Å². The van der Waals surface area contributed by atoms with Gasteiger partial charge in [-0.3, -0.25) is 4.99 Å². The third-order valence-electron chi connectivity index (χ3n) is 4.31. The number of oxazole rings is 1. The highest BCUT2D eigenvalue weighted by Crippen LogP contribution is 2.22. The number of aromatic nitrogens is 1. The molecule has 0 bridgehead atoms. The smallest absolute Gasteiger partial charge is 0.213 e. The van der Waals surface area contributed by atoms with Gasteiger partial charge in [-0.05, 0) is 24.8 Å². The van der Waals surface area contributed by atoms with Crippen molar-refractivity contribution in [2.75, 3.05) is 26.8 Å². The second-order valence-corrected chi connectivity index (χ2v) is 7.78. The van der Waals surface area contributed by atoms with Gasteiger partial charge in [-0.1, -0.05) is 51.1 Å². The van der Waals surface area contributed by atoms with Gasteiger partial charge in [-0.2, -0.15) is 0 Å². The monoisotopic (exact) mass is 386 g/mol. The molecule has 0 radical (unpaired) electrons. The van der Waals surface area contributed by atoms with E-state index < -0.39 is 0 Å². The Morgan fingerprint density at radius 1 is 1.11 bits per heavy atom. The Hall–Kier alpha value is -2.34. The SMILES string of the molecule is CN=C(NCCCCOCCc1ccccc1)NCc1ncc(C(C)(C)C)o1. The number of benzene rings is 1. The summed E-state index contributed by atoms with van der Waals surface area (Å²) in [6.07, 6.45) is 4.81. The van der Waals surface area contributed by atoms with Gasteiger partial charge >= 0.3 is 0 Å². The van der Waals surface area contributed by atoms with Crippen LogP contribution < -0.4 is 10.6 Å². The summed E-state index contributed by atoms with van der Waals surface area (Å²) in [6, 6.07) is 10.4. The predicted octanol–water partition coefficient (Wildman–Crippen LogP) is 3.68. The van der Waals surface area contributed by atoms with Crippen molar-refractivity contribution in [2.24, 2.45) is 4.99 Å². The van der Waals surface area contributed by atoms with Gasteiger partial charge in [0.25, 0.3) is 0 Å². The molecule has 1 heterocycles. The second kappa shape index (κ2) is 11.5. The summed E-state index contributed by atoms with van der Waals surface area (Å²) in [5.74, 6) is 2.31. The first-order valence-electron chi connectivity index (χ1n) is 10.0. The first kappa shape index (κ1) is 22.0. The van der Waals surface area contributed by atoms with Crippen LogP contribution in [0, 0.1) is 0 Å². The maximum atomic E-state index is 5.78. The Labute approximate surface area is 168 Å². The predicted molar refractivity (Wildman–Crippen MR) is 114 cm³/mol. The van der Waals surface area contributed by atoms with E-state index >= 15 is 0 Å². The van der Waals surface area contributed by atoms with Crippen LogP contribution in [0.5, 0.6) is 0 Å². The summed E-state index contributed by atoms with van der Waals surface area (Å²) < 4.78 is 11.5. The van der Waals surface area contributed by atoms with E-state index in [1.807, 2.05) is 6.07 Å². The van der Waals surface area contributed by atoms with Crippen molar-refractivity contribution < 1.29 is 9.15 Å². The molecular formula is C22H34N4O2. The van der Waals surface area contributed by atoms with Gasteiger partial charge in [0.2, 0.25) is 5.89 Å². The fraction of sp³-hybridized carbons (Fsp3) is 0.545. The molecule has 0 unspecified atom stereocenters. The Balaban J connectivity index is 1.53. The first-order chi connectivity index (χ1) is 13.5. The maximum Gasteiger partial charge on any atom is 0.213 e. The van der Waals surface area contributed by atoms with Crippen molar-refractivity contribution in [2.45, 2.75) is 52.0 Å². The molecule has 0 amide bonds. The van der Waals surface area contributed by atoms with Crippen LogP contribution in [0.2, 0.25) is 0 Å². The fourth-order valence-electron chi connectivity index (χ4n) is 2.59.